The molecular formula is C22H17FN10. The maximum Gasteiger partial charge on any atom is 0.184 e. The molecule has 4 N–H and O–H groups in total. The number of nitrogen functional groups attached to an aromatic ring is 2. The van der Waals surface area contributed by atoms with Crippen LogP contribution in [0.2, 0.25) is 0 Å². The molecule has 0 saturated heterocycles. The van der Waals surface area contributed by atoms with Gasteiger partial charge in [-0.3, -0.25) is 4.68 Å². The van der Waals surface area contributed by atoms with E-state index < -0.39 is 5.82 Å². The van der Waals surface area contributed by atoms with Crippen LogP contribution in [0.25, 0.3) is 22.4 Å². The lowest BCUT2D eigenvalue weighted by Crippen LogP contribution is -2.05. The zero-order valence-corrected chi connectivity index (χ0v) is 17.2. The summed E-state index contributed by atoms with van der Waals surface area (Å²) >= 11 is 0. The lowest BCUT2D eigenvalue weighted by molar-refractivity contribution is 0.616. The molecule has 3 heterocycles. The molecular weight excluding hydrogens is 423 g/mol. The predicted molar refractivity (Wildman–Crippen MR) is 121 cm³/mol. The van der Waals surface area contributed by atoms with Gasteiger partial charge in [-0.1, -0.05) is 30.3 Å². The molecule has 0 radical (unpaired) electrons. The van der Waals surface area contributed by atoms with Gasteiger partial charge in [0.05, 0.1) is 12.2 Å². The van der Waals surface area contributed by atoms with Crippen LogP contribution in [-0.2, 0) is 6.54 Å². The normalized spacial score (nSPS) is 11.4. The van der Waals surface area contributed by atoms with E-state index in [0.29, 0.717) is 22.3 Å². The monoisotopic (exact) mass is 440 g/mol. The number of nitrogens with two attached hydrogens (primary N) is 2. The Morgan fingerprint density at radius 3 is 2.33 bits per heavy atom. The van der Waals surface area contributed by atoms with Crippen molar-refractivity contribution in [3.8, 4) is 11.5 Å². The summed E-state index contributed by atoms with van der Waals surface area (Å²) in [6, 6.07) is 13.8. The summed E-state index contributed by atoms with van der Waals surface area (Å²) in [4.78, 5) is 16.6. The zero-order chi connectivity index (χ0) is 22.8. The van der Waals surface area contributed by atoms with Gasteiger partial charge in [-0.25, -0.2) is 24.3 Å². The van der Waals surface area contributed by atoms with Gasteiger partial charge in [0.25, 0.3) is 0 Å². The van der Waals surface area contributed by atoms with Crippen molar-refractivity contribution in [3.05, 3.63) is 78.6 Å². The largest absolute Gasteiger partial charge is 0.382 e. The number of para-hydroxylation sites is 1. The minimum absolute atomic E-state index is 0.0349. The predicted octanol–water partition coefficient (Wildman–Crippen LogP) is 4.05. The minimum atomic E-state index is -0.433. The highest BCUT2D eigenvalue weighted by Gasteiger charge is 2.20. The van der Waals surface area contributed by atoms with E-state index in [2.05, 4.69) is 35.3 Å². The third-order valence-electron chi connectivity index (χ3n) is 4.84. The molecule has 0 aliphatic rings. The summed E-state index contributed by atoms with van der Waals surface area (Å²) in [5, 5.41) is 13.3. The second kappa shape index (κ2) is 8.38. The van der Waals surface area contributed by atoms with Crippen molar-refractivity contribution in [2.75, 3.05) is 11.5 Å². The minimum Gasteiger partial charge on any atom is -0.382 e. The molecule has 11 heteroatoms. The van der Waals surface area contributed by atoms with Gasteiger partial charge in [0.1, 0.15) is 23.4 Å². The van der Waals surface area contributed by atoms with E-state index in [-0.39, 0.29) is 29.7 Å². The molecule has 0 bridgehead atoms. The fourth-order valence-electron chi connectivity index (χ4n) is 3.36. The fraction of sp³-hybridized carbons (Fsp3) is 0.0455. The smallest absolute Gasteiger partial charge is 0.184 e. The van der Waals surface area contributed by atoms with Crippen LogP contribution in [0.5, 0.6) is 0 Å². The van der Waals surface area contributed by atoms with Crippen molar-refractivity contribution < 1.29 is 4.39 Å². The number of hydrogen-bond acceptors (Lipinski definition) is 9. The van der Waals surface area contributed by atoms with Crippen LogP contribution in [0.4, 0.5) is 27.4 Å². The van der Waals surface area contributed by atoms with Crippen molar-refractivity contribution in [2.24, 2.45) is 10.2 Å². The number of rotatable bonds is 5. The SMILES string of the molecule is Nc1nc(-c2nn(Cc3cncnc3)c3c(F)cccc23)nc(N)c1N=Nc1ccccc1. The summed E-state index contributed by atoms with van der Waals surface area (Å²) < 4.78 is 16.3. The molecule has 5 aromatic rings. The second-order valence-electron chi connectivity index (χ2n) is 7.09. The first-order valence-corrected chi connectivity index (χ1v) is 9.89. The molecule has 2 aromatic carbocycles. The Balaban J connectivity index is 1.58. The van der Waals surface area contributed by atoms with Gasteiger partial charge in [-0.2, -0.15) is 10.2 Å². The molecule has 162 valence electrons. The van der Waals surface area contributed by atoms with E-state index in [1.54, 1.807) is 36.7 Å². The molecule has 0 atom stereocenters. The molecule has 10 nitrogen and oxygen atoms in total. The van der Waals surface area contributed by atoms with Gasteiger partial charge >= 0.3 is 0 Å². The number of fused-ring (bicyclic) bond motifs is 1. The first-order valence-electron chi connectivity index (χ1n) is 9.89. The van der Waals surface area contributed by atoms with Gasteiger partial charge in [0.2, 0.25) is 0 Å². The number of halogens is 1. The van der Waals surface area contributed by atoms with Gasteiger partial charge < -0.3 is 11.5 Å². The standard InChI is InChI=1S/C22H17FN10/c23-16-8-4-7-15-17(32-33(19(15)16)11-13-9-26-12-27-10-13)22-28-20(24)18(21(25)29-22)31-30-14-5-2-1-3-6-14/h1-10,12H,11H2,(H4,24,25,28,29). The molecule has 0 aliphatic heterocycles. The van der Waals surface area contributed by atoms with Gasteiger partial charge in [0, 0.05) is 23.3 Å². The van der Waals surface area contributed by atoms with Gasteiger partial charge in [0.15, 0.2) is 23.1 Å². The first kappa shape index (κ1) is 20.1. The highest BCUT2D eigenvalue weighted by atomic mass is 19.1. The summed E-state index contributed by atoms with van der Waals surface area (Å²) in [7, 11) is 0. The van der Waals surface area contributed by atoms with Crippen molar-refractivity contribution >= 4 is 33.9 Å². The van der Waals surface area contributed by atoms with Gasteiger partial charge in [-0.15, -0.1) is 5.11 Å². The number of anilines is 2. The lowest BCUT2D eigenvalue weighted by atomic mass is 10.2. The Hall–Kier alpha value is -4.80. The Morgan fingerprint density at radius 1 is 0.879 bits per heavy atom. The van der Waals surface area contributed by atoms with Crippen LogP contribution in [0, 0.1) is 5.82 Å². The summed E-state index contributed by atoms with van der Waals surface area (Å²) in [6.45, 7) is 0.257. The molecule has 0 amide bonds. The van der Waals surface area contributed by atoms with E-state index >= 15 is 0 Å². The summed E-state index contributed by atoms with van der Waals surface area (Å²) in [5.41, 5.74) is 14.4. The van der Waals surface area contributed by atoms with Crippen molar-refractivity contribution in [1.29, 1.82) is 0 Å². The van der Waals surface area contributed by atoms with Crippen LogP contribution in [0.3, 0.4) is 0 Å². The summed E-state index contributed by atoms with van der Waals surface area (Å²) in [5.74, 6) is -0.208. The molecule has 0 fully saturated rings. The Bertz CT molecular complexity index is 1440. The number of azo groups is 1. The van der Waals surface area contributed by atoms with Crippen molar-refractivity contribution in [2.45, 2.75) is 6.54 Å². The number of benzene rings is 2. The van der Waals surface area contributed by atoms with E-state index in [9.17, 15) is 4.39 Å². The number of aromatic nitrogens is 6. The zero-order valence-electron chi connectivity index (χ0n) is 17.2. The van der Waals surface area contributed by atoms with Crippen LogP contribution >= 0.6 is 0 Å². The Labute approximate surface area is 186 Å². The lowest BCUT2D eigenvalue weighted by Gasteiger charge is -2.05. The topological polar surface area (TPSA) is 146 Å². The van der Waals surface area contributed by atoms with Crippen LogP contribution in [0.1, 0.15) is 5.56 Å². The van der Waals surface area contributed by atoms with Gasteiger partial charge in [-0.05, 0) is 18.2 Å². The third kappa shape index (κ3) is 3.94. The van der Waals surface area contributed by atoms with Crippen LogP contribution in [0.15, 0.2) is 77.5 Å². The van der Waals surface area contributed by atoms with Crippen LogP contribution in [-0.4, -0.2) is 29.7 Å². The van der Waals surface area contributed by atoms with E-state index in [1.165, 1.54) is 17.1 Å². The van der Waals surface area contributed by atoms with Crippen molar-refractivity contribution in [3.63, 3.8) is 0 Å². The quantitative estimate of drug-likeness (QED) is 0.392. The van der Waals surface area contributed by atoms with E-state index in [0.717, 1.165) is 5.56 Å². The average Bonchev–Trinajstić information content (AvgIpc) is 3.19. The fourth-order valence-corrected chi connectivity index (χ4v) is 3.36. The molecule has 0 unspecified atom stereocenters. The number of hydrogen-bond donors (Lipinski definition) is 2. The highest BCUT2D eigenvalue weighted by Crippen LogP contribution is 2.33. The Morgan fingerprint density at radius 2 is 1.61 bits per heavy atom. The van der Waals surface area contributed by atoms with Crippen LogP contribution < -0.4 is 11.5 Å². The molecule has 0 spiro atoms. The highest BCUT2D eigenvalue weighted by molar-refractivity contribution is 5.93. The number of nitrogens with zero attached hydrogens (tertiary/aromatic N) is 8. The molecule has 33 heavy (non-hydrogen) atoms. The molecule has 0 saturated carbocycles. The second-order valence-corrected chi connectivity index (χ2v) is 7.09. The summed E-state index contributed by atoms with van der Waals surface area (Å²) in [6.07, 6.45) is 4.70. The van der Waals surface area contributed by atoms with E-state index in [1.807, 2.05) is 18.2 Å². The van der Waals surface area contributed by atoms with E-state index in [4.69, 9.17) is 11.5 Å². The molecule has 5 rings (SSSR count). The third-order valence-corrected chi connectivity index (χ3v) is 4.84. The maximum absolute atomic E-state index is 14.8. The Kier molecular flexibility index (Phi) is 5.11. The molecule has 0 aliphatic carbocycles. The van der Waals surface area contributed by atoms with Crippen molar-refractivity contribution in [1.82, 2.24) is 29.7 Å². The average molecular weight is 440 g/mol. The maximum atomic E-state index is 14.8. The molecule has 3 aromatic heterocycles. The first-order chi connectivity index (χ1) is 16.1.